The summed E-state index contributed by atoms with van der Waals surface area (Å²) >= 11 is 5.88. The van der Waals surface area contributed by atoms with Gasteiger partial charge in [0.1, 0.15) is 5.69 Å². The molecule has 2 aromatic rings. The van der Waals surface area contributed by atoms with Crippen molar-refractivity contribution in [2.45, 2.75) is 6.92 Å². The van der Waals surface area contributed by atoms with E-state index in [0.29, 0.717) is 10.7 Å². The maximum Gasteiger partial charge on any atom is 0.354 e. The van der Waals surface area contributed by atoms with Crippen LogP contribution in [0.25, 0.3) is 10.9 Å². The molecule has 0 saturated heterocycles. The molecule has 4 heteroatoms. The molecule has 0 radical (unpaired) electrons. The third-order valence-electron chi connectivity index (χ3n) is 2.41. The van der Waals surface area contributed by atoms with Gasteiger partial charge >= 0.3 is 5.97 Å². The second-order valence-corrected chi connectivity index (χ2v) is 3.74. The fraction of sp³-hybridized carbons (Fsp3) is 0.182. The number of aromatic amines is 1. The van der Waals surface area contributed by atoms with Gasteiger partial charge in [0.2, 0.25) is 0 Å². The zero-order valence-electron chi connectivity index (χ0n) is 8.43. The number of aromatic nitrogens is 1. The number of nitrogens with one attached hydrogen (secondary N) is 1. The van der Waals surface area contributed by atoms with Crippen LogP contribution in [0.4, 0.5) is 0 Å². The highest BCUT2D eigenvalue weighted by atomic mass is 35.5. The fourth-order valence-electron chi connectivity index (χ4n) is 1.61. The van der Waals surface area contributed by atoms with Crippen LogP contribution in [0.1, 0.15) is 16.1 Å². The Morgan fingerprint density at radius 2 is 2.20 bits per heavy atom. The van der Waals surface area contributed by atoms with Gasteiger partial charge in [0.05, 0.1) is 7.11 Å². The molecule has 0 atom stereocenters. The van der Waals surface area contributed by atoms with E-state index in [1.807, 2.05) is 19.1 Å². The number of benzene rings is 1. The molecule has 0 aliphatic rings. The number of halogens is 1. The second kappa shape index (κ2) is 3.59. The minimum atomic E-state index is -0.361. The van der Waals surface area contributed by atoms with Gasteiger partial charge in [-0.1, -0.05) is 11.6 Å². The number of rotatable bonds is 1. The molecule has 0 amide bonds. The lowest BCUT2D eigenvalue weighted by Gasteiger charge is -1.96. The van der Waals surface area contributed by atoms with E-state index in [4.69, 9.17) is 11.6 Å². The molecule has 15 heavy (non-hydrogen) atoms. The molecule has 1 aromatic heterocycles. The van der Waals surface area contributed by atoms with Gasteiger partial charge in [0.25, 0.3) is 0 Å². The minimum absolute atomic E-state index is 0.361. The minimum Gasteiger partial charge on any atom is -0.464 e. The van der Waals surface area contributed by atoms with Crippen LogP contribution < -0.4 is 0 Å². The number of hydrogen-bond acceptors (Lipinski definition) is 2. The van der Waals surface area contributed by atoms with Crippen molar-refractivity contribution >= 4 is 28.5 Å². The van der Waals surface area contributed by atoms with E-state index in [2.05, 4.69) is 9.72 Å². The summed E-state index contributed by atoms with van der Waals surface area (Å²) < 4.78 is 4.67. The first-order chi connectivity index (χ1) is 7.13. The van der Waals surface area contributed by atoms with Crippen LogP contribution in [0.5, 0.6) is 0 Å². The molecule has 2 rings (SSSR count). The monoisotopic (exact) mass is 223 g/mol. The Kier molecular flexibility index (Phi) is 2.40. The summed E-state index contributed by atoms with van der Waals surface area (Å²) in [6.45, 7) is 1.86. The number of carbonyl (C=O) groups is 1. The van der Waals surface area contributed by atoms with E-state index in [9.17, 15) is 4.79 Å². The van der Waals surface area contributed by atoms with Crippen molar-refractivity contribution in [3.8, 4) is 0 Å². The van der Waals surface area contributed by atoms with Crippen LogP contribution in [-0.4, -0.2) is 18.1 Å². The van der Waals surface area contributed by atoms with E-state index in [-0.39, 0.29) is 5.97 Å². The number of methoxy groups -OCH3 is 1. The average molecular weight is 224 g/mol. The number of aryl methyl sites for hydroxylation is 1. The van der Waals surface area contributed by atoms with Crippen molar-refractivity contribution in [3.63, 3.8) is 0 Å². The van der Waals surface area contributed by atoms with Crippen molar-refractivity contribution in [1.82, 2.24) is 4.98 Å². The molecule has 1 heterocycles. The van der Waals surface area contributed by atoms with E-state index >= 15 is 0 Å². The number of fused-ring (bicyclic) bond motifs is 1. The zero-order chi connectivity index (χ0) is 11.0. The summed E-state index contributed by atoms with van der Waals surface area (Å²) in [6, 6.07) is 5.45. The quantitative estimate of drug-likeness (QED) is 0.756. The Morgan fingerprint density at radius 1 is 1.47 bits per heavy atom. The number of carbonyl (C=O) groups excluding carboxylic acids is 1. The van der Waals surface area contributed by atoms with E-state index in [0.717, 1.165) is 16.5 Å². The third kappa shape index (κ3) is 1.59. The third-order valence-corrected chi connectivity index (χ3v) is 2.64. The Bertz CT molecular complexity index is 531. The lowest BCUT2D eigenvalue weighted by molar-refractivity contribution is 0.0594. The van der Waals surface area contributed by atoms with Gasteiger partial charge in [-0.3, -0.25) is 0 Å². The van der Waals surface area contributed by atoms with Gasteiger partial charge in [0, 0.05) is 15.9 Å². The maximum atomic E-state index is 11.4. The lowest BCUT2D eigenvalue weighted by Crippen LogP contribution is -2.02. The summed E-state index contributed by atoms with van der Waals surface area (Å²) in [5.74, 6) is -0.361. The number of hydrogen-bond donors (Lipinski definition) is 1. The molecule has 1 N–H and O–H groups in total. The summed E-state index contributed by atoms with van der Waals surface area (Å²) in [5, 5.41) is 1.60. The second-order valence-electron chi connectivity index (χ2n) is 3.31. The van der Waals surface area contributed by atoms with Crippen LogP contribution in [0.2, 0.25) is 5.02 Å². The first kappa shape index (κ1) is 10.1. The standard InChI is InChI=1S/C11H10ClNO2/c1-6-8-5-7(12)3-4-9(8)13-10(6)11(14)15-2/h3-5,13H,1-2H3. The number of ether oxygens (including phenoxy) is 1. The molecule has 0 bridgehead atoms. The zero-order valence-corrected chi connectivity index (χ0v) is 9.18. The molecule has 1 aromatic carbocycles. The predicted molar refractivity (Wildman–Crippen MR) is 59.4 cm³/mol. The average Bonchev–Trinajstić information content (AvgIpc) is 2.55. The molecule has 0 aliphatic carbocycles. The van der Waals surface area contributed by atoms with Crippen LogP contribution in [-0.2, 0) is 4.74 Å². The predicted octanol–water partition coefficient (Wildman–Crippen LogP) is 2.92. The van der Waals surface area contributed by atoms with Gasteiger partial charge in [-0.15, -0.1) is 0 Å². The van der Waals surface area contributed by atoms with E-state index < -0.39 is 0 Å². The van der Waals surface area contributed by atoms with Crippen molar-refractivity contribution in [1.29, 1.82) is 0 Å². The fourth-order valence-corrected chi connectivity index (χ4v) is 1.78. The summed E-state index contributed by atoms with van der Waals surface area (Å²) in [4.78, 5) is 14.4. The maximum absolute atomic E-state index is 11.4. The molecule has 0 saturated carbocycles. The first-order valence-corrected chi connectivity index (χ1v) is 4.87. The molecule has 0 aliphatic heterocycles. The van der Waals surface area contributed by atoms with Crippen molar-refractivity contribution in [3.05, 3.63) is 34.5 Å². The van der Waals surface area contributed by atoms with Crippen LogP contribution in [0.3, 0.4) is 0 Å². The summed E-state index contributed by atoms with van der Waals surface area (Å²) in [5.41, 5.74) is 2.23. The van der Waals surface area contributed by atoms with Crippen LogP contribution >= 0.6 is 11.6 Å². The van der Waals surface area contributed by atoms with Gasteiger partial charge in [-0.25, -0.2) is 4.79 Å². The first-order valence-electron chi connectivity index (χ1n) is 4.49. The molecule has 0 spiro atoms. The van der Waals surface area contributed by atoms with E-state index in [1.165, 1.54) is 7.11 Å². The normalized spacial score (nSPS) is 10.6. The van der Waals surface area contributed by atoms with Crippen molar-refractivity contribution < 1.29 is 9.53 Å². The smallest absolute Gasteiger partial charge is 0.354 e. The summed E-state index contributed by atoms with van der Waals surface area (Å²) in [6.07, 6.45) is 0. The lowest BCUT2D eigenvalue weighted by atomic mass is 10.1. The van der Waals surface area contributed by atoms with Gasteiger partial charge in [0.15, 0.2) is 0 Å². The molecule has 78 valence electrons. The van der Waals surface area contributed by atoms with Crippen LogP contribution in [0.15, 0.2) is 18.2 Å². The van der Waals surface area contributed by atoms with Gasteiger partial charge in [-0.05, 0) is 30.7 Å². The summed E-state index contributed by atoms with van der Waals surface area (Å²) in [7, 11) is 1.36. The molecular formula is C11H10ClNO2. The van der Waals surface area contributed by atoms with E-state index in [1.54, 1.807) is 6.07 Å². The molecule has 0 unspecified atom stereocenters. The number of H-pyrrole nitrogens is 1. The Morgan fingerprint density at radius 3 is 2.87 bits per heavy atom. The Balaban J connectivity index is 2.69. The topological polar surface area (TPSA) is 42.1 Å². The SMILES string of the molecule is COC(=O)c1[nH]c2ccc(Cl)cc2c1C. The van der Waals surface area contributed by atoms with Crippen molar-refractivity contribution in [2.24, 2.45) is 0 Å². The number of esters is 1. The van der Waals surface area contributed by atoms with Crippen molar-refractivity contribution in [2.75, 3.05) is 7.11 Å². The Hall–Kier alpha value is -1.48. The van der Waals surface area contributed by atoms with Gasteiger partial charge in [-0.2, -0.15) is 0 Å². The highest BCUT2D eigenvalue weighted by molar-refractivity contribution is 6.31. The van der Waals surface area contributed by atoms with Crippen LogP contribution in [0, 0.1) is 6.92 Å². The molecule has 0 fully saturated rings. The molecular weight excluding hydrogens is 214 g/mol. The van der Waals surface area contributed by atoms with Gasteiger partial charge < -0.3 is 9.72 Å². The highest BCUT2D eigenvalue weighted by Crippen LogP contribution is 2.25. The highest BCUT2D eigenvalue weighted by Gasteiger charge is 2.14. The molecule has 3 nitrogen and oxygen atoms in total. The Labute approximate surface area is 92.0 Å². The largest absolute Gasteiger partial charge is 0.464 e.